The topological polar surface area (TPSA) is 96.0 Å². The zero-order valence-corrected chi connectivity index (χ0v) is 25.8. The normalized spacial score (nSPS) is 11.8. The largest absolute Gasteiger partial charge is 0.494 e. The van der Waals surface area contributed by atoms with Crippen LogP contribution in [0.5, 0.6) is 5.75 Å². The summed E-state index contributed by atoms with van der Waals surface area (Å²) in [5.74, 6) is -1.03. The van der Waals surface area contributed by atoms with Gasteiger partial charge < -0.3 is 15.0 Å². The number of nitrogens with one attached hydrogen (secondary N) is 1. The van der Waals surface area contributed by atoms with Gasteiger partial charge in [0.1, 0.15) is 24.2 Å². The van der Waals surface area contributed by atoms with Gasteiger partial charge in [0.05, 0.1) is 17.2 Å². The molecule has 0 bridgehead atoms. The zero-order valence-electron chi connectivity index (χ0n) is 24.9. The molecular weight excluding hydrogens is 581 g/mol. The van der Waals surface area contributed by atoms with Crippen LogP contribution in [0.3, 0.4) is 0 Å². The maximum Gasteiger partial charge on any atom is 0.264 e. The molecule has 0 saturated heterocycles. The average Bonchev–Trinajstić information content (AvgIpc) is 3.03. The van der Waals surface area contributed by atoms with Crippen LogP contribution in [-0.2, 0) is 32.6 Å². The SMILES string of the molecule is CCOc1ccc(N(CC(=O)N(Cc2ccccc2C)[C@@H](Cc2ccccc2)C(=O)NC)S(=O)(=O)c2ccc(F)cc2)cc1. The summed E-state index contributed by atoms with van der Waals surface area (Å²) in [6.07, 6.45) is 0.214. The number of carbonyl (C=O) groups is 2. The fourth-order valence-corrected chi connectivity index (χ4v) is 6.24. The van der Waals surface area contributed by atoms with E-state index in [0.29, 0.717) is 12.4 Å². The Morgan fingerprint density at radius 3 is 2.14 bits per heavy atom. The molecule has 2 amide bonds. The second kappa shape index (κ2) is 14.7. The average molecular weight is 618 g/mol. The van der Waals surface area contributed by atoms with Crippen LogP contribution in [0.2, 0.25) is 0 Å². The number of amides is 2. The van der Waals surface area contributed by atoms with Gasteiger partial charge in [0.2, 0.25) is 11.8 Å². The maximum absolute atomic E-state index is 14.4. The van der Waals surface area contributed by atoms with Crippen molar-refractivity contribution in [2.75, 3.05) is 24.5 Å². The summed E-state index contributed by atoms with van der Waals surface area (Å²) >= 11 is 0. The van der Waals surface area contributed by atoms with Gasteiger partial charge in [0.15, 0.2) is 0 Å². The molecule has 1 N–H and O–H groups in total. The van der Waals surface area contributed by atoms with Gasteiger partial charge in [0.25, 0.3) is 10.0 Å². The molecule has 0 fully saturated rings. The molecule has 0 radical (unpaired) electrons. The van der Waals surface area contributed by atoms with Crippen molar-refractivity contribution in [2.24, 2.45) is 0 Å². The van der Waals surface area contributed by atoms with Crippen LogP contribution in [0.4, 0.5) is 10.1 Å². The number of halogens is 1. The van der Waals surface area contributed by atoms with Gasteiger partial charge in [0, 0.05) is 20.0 Å². The summed E-state index contributed by atoms with van der Waals surface area (Å²) < 4.78 is 48.2. The lowest BCUT2D eigenvalue weighted by Crippen LogP contribution is -2.53. The molecule has 4 aromatic rings. The highest BCUT2D eigenvalue weighted by Gasteiger charge is 2.34. The van der Waals surface area contributed by atoms with Crippen molar-refractivity contribution in [3.8, 4) is 5.75 Å². The molecule has 0 aromatic heterocycles. The number of anilines is 1. The smallest absolute Gasteiger partial charge is 0.264 e. The molecule has 0 spiro atoms. The van der Waals surface area contributed by atoms with Crippen LogP contribution in [-0.4, -0.2) is 51.4 Å². The Labute approximate surface area is 258 Å². The molecular formula is C34H36FN3O5S. The van der Waals surface area contributed by atoms with E-state index in [-0.39, 0.29) is 29.5 Å². The van der Waals surface area contributed by atoms with Gasteiger partial charge in [-0.05, 0) is 79.1 Å². The van der Waals surface area contributed by atoms with E-state index in [0.717, 1.165) is 45.3 Å². The molecule has 1 atom stereocenters. The maximum atomic E-state index is 14.4. The number of rotatable bonds is 13. The third-order valence-electron chi connectivity index (χ3n) is 7.24. The monoisotopic (exact) mass is 617 g/mol. The van der Waals surface area contributed by atoms with Crippen molar-refractivity contribution in [2.45, 2.75) is 37.8 Å². The first kappa shape index (κ1) is 32.2. The Hall–Kier alpha value is -4.70. The van der Waals surface area contributed by atoms with Gasteiger partial charge in [-0.15, -0.1) is 0 Å². The summed E-state index contributed by atoms with van der Waals surface area (Å²) in [5.41, 5.74) is 2.78. The molecule has 0 aliphatic carbocycles. The molecule has 4 rings (SSSR count). The number of likely N-dealkylation sites (N-methyl/N-ethyl adjacent to an activating group) is 1. The summed E-state index contributed by atoms with van der Waals surface area (Å²) in [4.78, 5) is 29.0. The number of hydrogen-bond acceptors (Lipinski definition) is 5. The second-order valence-corrected chi connectivity index (χ2v) is 12.0. The van der Waals surface area contributed by atoms with E-state index < -0.39 is 34.3 Å². The Bertz CT molecular complexity index is 1660. The van der Waals surface area contributed by atoms with Gasteiger partial charge in [-0.3, -0.25) is 13.9 Å². The highest BCUT2D eigenvalue weighted by Crippen LogP contribution is 2.27. The fourth-order valence-electron chi connectivity index (χ4n) is 4.83. The minimum absolute atomic E-state index is 0.0736. The van der Waals surface area contributed by atoms with Crippen molar-refractivity contribution in [3.05, 3.63) is 126 Å². The molecule has 0 saturated carbocycles. The van der Waals surface area contributed by atoms with E-state index in [2.05, 4.69) is 5.32 Å². The molecule has 4 aromatic carbocycles. The van der Waals surface area contributed by atoms with Crippen molar-refractivity contribution in [3.63, 3.8) is 0 Å². The van der Waals surface area contributed by atoms with E-state index in [1.54, 1.807) is 24.3 Å². The Balaban J connectivity index is 1.79. The fraction of sp³-hybridized carbons (Fsp3) is 0.235. The molecule has 0 aliphatic heterocycles. The third kappa shape index (κ3) is 7.82. The Morgan fingerprint density at radius 2 is 1.52 bits per heavy atom. The predicted octanol–water partition coefficient (Wildman–Crippen LogP) is 5.11. The number of hydrogen-bond donors (Lipinski definition) is 1. The van der Waals surface area contributed by atoms with Crippen molar-refractivity contribution in [1.82, 2.24) is 10.2 Å². The number of carbonyl (C=O) groups excluding carboxylic acids is 2. The summed E-state index contributed by atoms with van der Waals surface area (Å²) in [5, 5.41) is 2.67. The van der Waals surface area contributed by atoms with E-state index >= 15 is 0 Å². The van der Waals surface area contributed by atoms with E-state index in [1.165, 1.54) is 11.9 Å². The van der Waals surface area contributed by atoms with Crippen molar-refractivity contribution >= 4 is 27.5 Å². The van der Waals surface area contributed by atoms with Gasteiger partial charge in [-0.1, -0.05) is 54.6 Å². The Kier molecular flexibility index (Phi) is 10.7. The molecule has 0 unspecified atom stereocenters. The lowest BCUT2D eigenvalue weighted by atomic mass is 10.0. The Morgan fingerprint density at radius 1 is 0.886 bits per heavy atom. The molecule has 8 nitrogen and oxygen atoms in total. The van der Waals surface area contributed by atoms with E-state index in [1.807, 2.05) is 68.4 Å². The summed E-state index contributed by atoms with van der Waals surface area (Å²) in [6, 6.07) is 26.6. The van der Waals surface area contributed by atoms with Crippen LogP contribution in [0.1, 0.15) is 23.6 Å². The molecule has 0 aliphatic rings. The van der Waals surface area contributed by atoms with Crippen LogP contribution in [0, 0.1) is 12.7 Å². The van der Waals surface area contributed by atoms with Gasteiger partial charge in [-0.25, -0.2) is 12.8 Å². The van der Waals surface area contributed by atoms with Crippen molar-refractivity contribution in [1.29, 1.82) is 0 Å². The molecule has 0 heterocycles. The first-order chi connectivity index (χ1) is 21.1. The lowest BCUT2D eigenvalue weighted by Gasteiger charge is -2.34. The van der Waals surface area contributed by atoms with Gasteiger partial charge >= 0.3 is 0 Å². The minimum atomic E-state index is -4.34. The number of nitrogens with zero attached hydrogens (tertiary/aromatic N) is 2. The van der Waals surface area contributed by atoms with E-state index in [4.69, 9.17) is 4.74 Å². The third-order valence-corrected chi connectivity index (χ3v) is 9.02. The highest BCUT2D eigenvalue weighted by molar-refractivity contribution is 7.92. The standard InChI is InChI=1S/C34H36FN3O5S/c1-4-43-30-18-16-29(17-19-30)38(44(41,42)31-20-14-28(35)15-21-31)24-33(39)37(23-27-13-9-8-10-25(27)2)32(34(40)36-3)22-26-11-6-5-7-12-26/h5-21,32H,4,22-24H2,1-3H3,(H,36,40)/t32-/m0/s1. The number of ether oxygens (including phenoxy) is 1. The van der Waals surface area contributed by atoms with Crippen molar-refractivity contribution < 1.29 is 27.1 Å². The summed E-state index contributed by atoms with van der Waals surface area (Å²) in [7, 11) is -2.84. The highest BCUT2D eigenvalue weighted by atomic mass is 32.2. The lowest BCUT2D eigenvalue weighted by molar-refractivity contribution is -0.139. The van der Waals surface area contributed by atoms with E-state index in [9.17, 15) is 22.4 Å². The number of aryl methyl sites for hydroxylation is 1. The number of benzene rings is 4. The number of sulfonamides is 1. The van der Waals surface area contributed by atoms with Crippen LogP contribution in [0.25, 0.3) is 0 Å². The molecule has 10 heteroatoms. The van der Waals surface area contributed by atoms with Gasteiger partial charge in [-0.2, -0.15) is 0 Å². The molecule has 230 valence electrons. The van der Waals surface area contributed by atoms with Crippen LogP contribution < -0.4 is 14.4 Å². The summed E-state index contributed by atoms with van der Waals surface area (Å²) in [6.45, 7) is 3.63. The first-order valence-corrected chi connectivity index (χ1v) is 15.7. The minimum Gasteiger partial charge on any atom is -0.494 e. The first-order valence-electron chi connectivity index (χ1n) is 14.2. The molecule has 44 heavy (non-hydrogen) atoms. The quantitative estimate of drug-likeness (QED) is 0.225. The van der Waals surface area contributed by atoms with Crippen LogP contribution in [0.15, 0.2) is 108 Å². The predicted molar refractivity (Wildman–Crippen MR) is 168 cm³/mol. The second-order valence-electron chi connectivity index (χ2n) is 10.2. The zero-order chi connectivity index (χ0) is 31.7. The van der Waals surface area contributed by atoms with Crippen LogP contribution >= 0.6 is 0 Å².